The SMILES string of the molecule is C=C(C)/C=N\C(=C/C)N(CC1CCCC(CCC)C1)C(=C)C. The Morgan fingerprint density at radius 2 is 1.91 bits per heavy atom. The average Bonchev–Trinajstić information content (AvgIpc) is 2.47. The maximum Gasteiger partial charge on any atom is 0.128 e. The fourth-order valence-corrected chi connectivity index (χ4v) is 3.42. The summed E-state index contributed by atoms with van der Waals surface area (Å²) in [5.74, 6) is 2.67. The van der Waals surface area contributed by atoms with Gasteiger partial charge in [-0.25, -0.2) is 4.99 Å². The lowest BCUT2D eigenvalue weighted by molar-refractivity contribution is 0.212. The van der Waals surface area contributed by atoms with Gasteiger partial charge in [0.15, 0.2) is 0 Å². The number of aliphatic imine (C=N–C) groups is 1. The number of hydrogen-bond acceptors (Lipinski definition) is 2. The minimum atomic E-state index is 0.761. The quantitative estimate of drug-likeness (QED) is 0.507. The molecule has 0 saturated heterocycles. The van der Waals surface area contributed by atoms with Crippen LogP contribution in [0.1, 0.15) is 66.2 Å². The van der Waals surface area contributed by atoms with Gasteiger partial charge in [-0.15, -0.1) is 0 Å². The van der Waals surface area contributed by atoms with Crippen molar-refractivity contribution >= 4 is 6.21 Å². The molecular formula is C20H34N2. The van der Waals surface area contributed by atoms with Gasteiger partial charge in [-0.05, 0) is 57.1 Å². The molecule has 1 saturated carbocycles. The van der Waals surface area contributed by atoms with E-state index in [1.54, 1.807) is 0 Å². The molecule has 1 aliphatic carbocycles. The molecular weight excluding hydrogens is 268 g/mol. The van der Waals surface area contributed by atoms with Crippen LogP contribution in [0.2, 0.25) is 0 Å². The Labute approximate surface area is 137 Å². The Balaban J connectivity index is 2.74. The van der Waals surface area contributed by atoms with E-state index in [1.807, 2.05) is 20.1 Å². The fourth-order valence-electron chi connectivity index (χ4n) is 3.42. The number of rotatable bonds is 8. The first-order chi connectivity index (χ1) is 10.5. The zero-order chi connectivity index (χ0) is 16.5. The van der Waals surface area contributed by atoms with E-state index in [9.17, 15) is 0 Å². The third-order valence-electron chi connectivity index (χ3n) is 4.44. The molecule has 2 heteroatoms. The lowest BCUT2D eigenvalue weighted by Crippen LogP contribution is -2.30. The third-order valence-corrected chi connectivity index (χ3v) is 4.44. The van der Waals surface area contributed by atoms with E-state index < -0.39 is 0 Å². The monoisotopic (exact) mass is 302 g/mol. The highest BCUT2D eigenvalue weighted by atomic mass is 15.2. The minimum absolute atomic E-state index is 0.761. The van der Waals surface area contributed by atoms with E-state index in [1.165, 1.54) is 38.5 Å². The molecule has 0 heterocycles. The van der Waals surface area contributed by atoms with Gasteiger partial charge in [0.25, 0.3) is 0 Å². The Morgan fingerprint density at radius 3 is 2.45 bits per heavy atom. The maximum absolute atomic E-state index is 4.59. The summed E-state index contributed by atoms with van der Waals surface area (Å²) in [7, 11) is 0. The van der Waals surface area contributed by atoms with Crippen LogP contribution < -0.4 is 0 Å². The van der Waals surface area contributed by atoms with Gasteiger partial charge in [-0.3, -0.25) is 0 Å². The normalized spacial score (nSPS) is 22.8. The van der Waals surface area contributed by atoms with Gasteiger partial charge in [0.1, 0.15) is 5.82 Å². The highest BCUT2D eigenvalue weighted by Gasteiger charge is 2.24. The van der Waals surface area contributed by atoms with Gasteiger partial charge < -0.3 is 4.90 Å². The van der Waals surface area contributed by atoms with Gasteiger partial charge >= 0.3 is 0 Å². The van der Waals surface area contributed by atoms with E-state index >= 15 is 0 Å². The van der Waals surface area contributed by atoms with Crippen LogP contribution in [0.5, 0.6) is 0 Å². The molecule has 1 aliphatic rings. The van der Waals surface area contributed by atoms with Crippen LogP contribution in [0.25, 0.3) is 0 Å². The van der Waals surface area contributed by atoms with Gasteiger partial charge in [0.2, 0.25) is 0 Å². The Morgan fingerprint density at radius 1 is 1.23 bits per heavy atom. The lowest BCUT2D eigenvalue weighted by Gasteiger charge is -2.34. The van der Waals surface area contributed by atoms with Crippen molar-refractivity contribution in [2.24, 2.45) is 16.8 Å². The van der Waals surface area contributed by atoms with Crippen LogP contribution in [0, 0.1) is 11.8 Å². The molecule has 0 N–H and O–H groups in total. The van der Waals surface area contributed by atoms with Crippen molar-refractivity contribution in [3.05, 3.63) is 36.3 Å². The van der Waals surface area contributed by atoms with E-state index in [4.69, 9.17) is 0 Å². The van der Waals surface area contributed by atoms with E-state index in [0.717, 1.165) is 35.5 Å². The van der Waals surface area contributed by atoms with Crippen molar-refractivity contribution in [2.45, 2.75) is 66.2 Å². The lowest BCUT2D eigenvalue weighted by atomic mass is 9.79. The molecule has 1 rings (SSSR count). The van der Waals surface area contributed by atoms with Crippen LogP contribution in [0.15, 0.2) is 41.3 Å². The molecule has 0 bridgehead atoms. The largest absolute Gasteiger partial charge is 0.331 e. The predicted molar refractivity (Wildman–Crippen MR) is 98.9 cm³/mol. The molecule has 0 aromatic carbocycles. The third kappa shape index (κ3) is 6.21. The molecule has 0 aliphatic heterocycles. The molecule has 0 amide bonds. The van der Waals surface area contributed by atoms with E-state index in [2.05, 4.69) is 43.0 Å². The van der Waals surface area contributed by atoms with Crippen LogP contribution in [-0.2, 0) is 0 Å². The van der Waals surface area contributed by atoms with E-state index in [0.29, 0.717) is 0 Å². The summed E-state index contributed by atoms with van der Waals surface area (Å²) < 4.78 is 0. The molecule has 0 aromatic rings. The van der Waals surface area contributed by atoms with Crippen molar-refractivity contribution in [3.63, 3.8) is 0 Å². The van der Waals surface area contributed by atoms with Crippen molar-refractivity contribution in [1.29, 1.82) is 0 Å². The van der Waals surface area contributed by atoms with Crippen molar-refractivity contribution in [3.8, 4) is 0 Å². The summed E-state index contributed by atoms with van der Waals surface area (Å²) in [6.45, 7) is 17.5. The maximum atomic E-state index is 4.59. The average molecular weight is 303 g/mol. The van der Waals surface area contributed by atoms with E-state index in [-0.39, 0.29) is 0 Å². The van der Waals surface area contributed by atoms with Gasteiger partial charge in [-0.1, -0.05) is 45.8 Å². The molecule has 22 heavy (non-hydrogen) atoms. The van der Waals surface area contributed by atoms with Crippen molar-refractivity contribution in [2.75, 3.05) is 6.54 Å². The molecule has 0 aromatic heterocycles. The van der Waals surface area contributed by atoms with Crippen molar-refractivity contribution < 1.29 is 0 Å². The summed E-state index contributed by atoms with van der Waals surface area (Å²) in [5.41, 5.74) is 2.05. The standard InChI is InChI=1S/C20H34N2/c1-7-10-18-11-9-12-19(13-18)15-22(17(5)6)20(8-2)21-14-16(3)4/h8,14,18-19H,3,5,7,9-13,15H2,1-2,4,6H3/b20-8+,21-14-. The molecule has 1 fully saturated rings. The Hall–Kier alpha value is -1.31. The first-order valence-electron chi connectivity index (χ1n) is 8.76. The first-order valence-corrected chi connectivity index (χ1v) is 8.76. The van der Waals surface area contributed by atoms with Crippen LogP contribution in [0.4, 0.5) is 0 Å². The summed E-state index contributed by atoms with van der Waals surface area (Å²) >= 11 is 0. The second kappa shape index (κ2) is 9.66. The summed E-state index contributed by atoms with van der Waals surface area (Å²) in [4.78, 5) is 6.86. The molecule has 2 nitrogen and oxygen atoms in total. The fraction of sp³-hybridized carbons (Fsp3) is 0.650. The second-order valence-corrected chi connectivity index (χ2v) is 6.78. The molecule has 124 valence electrons. The predicted octanol–water partition coefficient (Wildman–Crippen LogP) is 5.94. The molecule has 2 atom stereocenters. The Bertz CT molecular complexity index is 429. The van der Waals surface area contributed by atoms with Crippen LogP contribution >= 0.6 is 0 Å². The zero-order valence-electron chi connectivity index (χ0n) is 15.1. The minimum Gasteiger partial charge on any atom is -0.331 e. The summed E-state index contributed by atoms with van der Waals surface area (Å²) in [6.07, 6.45) is 12.1. The van der Waals surface area contributed by atoms with Gasteiger partial charge in [0.05, 0.1) is 0 Å². The van der Waals surface area contributed by atoms with Crippen molar-refractivity contribution in [1.82, 2.24) is 4.90 Å². The van der Waals surface area contributed by atoms with Crippen LogP contribution in [0.3, 0.4) is 0 Å². The van der Waals surface area contributed by atoms with Gasteiger partial charge in [0, 0.05) is 18.5 Å². The topological polar surface area (TPSA) is 15.6 Å². The highest BCUT2D eigenvalue weighted by Crippen LogP contribution is 2.33. The Kier molecular flexibility index (Phi) is 8.22. The smallest absolute Gasteiger partial charge is 0.128 e. The number of allylic oxidation sites excluding steroid dienone is 3. The first kappa shape index (κ1) is 18.7. The highest BCUT2D eigenvalue weighted by molar-refractivity contribution is 5.77. The summed E-state index contributed by atoms with van der Waals surface area (Å²) in [6, 6.07) is 0. The van der Waals surface area contributed by atoms with Crippen LogP contribution in [-0.4, -0.2) is 17.7 Å². The molecule has 0 spiro atoms. The molecule has 2 unspecified atom stereocenters. The molecule has 0 radical (unpaired) electrons. The second-order valence-electron chi connectivity index (χ2n) is 6.78. The van der Waals surface area contributed by atoms with Gasteiger partial charge in [-0.2, -0.15) is 0 Å². The zero-order valence-corrected chi connectivity index (χ0v) is 15.1. The number of hydrogen-bond donors (Lipinski definition) is 0. The summed E-state index contributed by atoms with van der Waals surface area (Å²) in [5, 5.41) is 0. The number of nitrogens with zero attached hydrogens (tertiary/aromatic N) is 2.